The minimum atomic E-state index is -0.438. The summed E-state index contributed by atoms with van der Waals surface area (Å²) in [5, 5.41) is 24.9. The monoisotopic (exact) mass is 492 g/mol. The van der Waals surface area contributed by atoms with Gasteiger partial charge in [0.2, 0.25) is 5.91 Å². The number of ether oxygens (including phenoxy) is 1. The third-order valence-electron chi connectivity index (χ3n) is 5.13. The van der Waals surface area contributed by atoms with Gasteiger partial charge < -0.3 is 9.30 Å². The lowest BCUT2D eigenvalue weighted by Crippen LogP contribution is -2.20. The molecule has 0 atom stereocenters. The number of nitrogens with zero attached hydrogens (tertiary/aromatic N) is 5. The number of carbonyl (C=O) groups excluding carboxylic acids is 1. The molecule has 1 amide bonds. The number of thioether (sulfide) groups is 1. The maximum atomic E-state index is 12.3. The third-order valence-corrected chi connectivity index (χ3v) is 6.10. The molecule has 0 radical (unpaired) electrons. The van der Waals surface area contributed by atoms with Gasteiger partial charge in [-0.25, -0.2) is 10.4 Å². The van der Waals surface area contributed by atoms with Crippen LogP contribution in [0.3, 0.4) is 0 Å². The predicted molar refractivity (Wildman–Crippen MR) is 133 cm³/mol. The number of nitrogens with one attached hydrogen (secondary N) is 1. The Morgan fingerprint density at radius 2 is 2.03 bits per heavy atom. The van der Waals surface area contributed by atoms with Gasteiger partial charge in [0.05, 0.1) is 29.1 Å². The van der Waals surface area contributed by atoms with E-state index in [4.69, 9.17) is 4.74 Å². The molecule has 0 saturated heterocycles. The van der Waals surface area contributed by atoms with Gasteiger partial charge in [-0.05, 0) is 50.6 Å². The summed E-state index contributed by atoms with van der Waals surface area (Å²) in [6.45, 7) is 5.93. The highest BCUT2D eigenvalue weighted by Crippen LogP contribution is 2.25. The van der Waals surface area contributed by atoms with Gasteiger partial charge in [0.25, 0.3) is 5.69 Å². The van der Waals surface area contributed by atoms with Crippen LogP contribution < -0.4 is 5.43 Å². The van der Waals surface area contributed by atoms with E-state index in [0.717, 1.165) is 45.7 Å². The van der Waals surface area contributed by atoms with Gasteiger partial charge >= 0.3 is 0 Å². The molecule has 35 heavy (non-hydrogen) atoms. The zero-order valence-electron chi connectivity index (χ0n) is 19.7. The highest BCUT2D eigenvalue weighted by Gasteiger charge is 2.14. The van der Waals surface area contributed by atoms with Crippen LogP contribution in [-0.4, -0.2) is 39.5 Å². The van der Waals surface area contributed by atoms with Crippen LogP contribution in [0.25, 0.3) is 5.69 Å². The van der Waals surface area contributed by atoms with E-state index in [9.17, 15) is 20.2 Å². The molecule has 180 valence electrons. The Morgan fingerprint density at radius 3 is 2.66 bits per heavy atom. The zero-order valence-corrected chi connectivity index (χ0v) is 20.5. The number of hydrogen-bond donors (Lipinski definition) is 1. The lowest BCUT2D eigenvalue weighted by molar-refractivity contribution is -0.384. The van der Waals surface area contributed by atoms with Gasteiger partial charge in [0, 0.05) is 47.6 Å². The summed E-state index contributed by atoms with van der Waals surface area (Å²) in [7, 11) is 1.55. The Hall–Kier alpha value is -4.01. The molecule has 1 aromatic carbocycles. The van der Waals surface area contributed by atoms with Gasteiger partial charge in [-0.1, -0.05) is 11.8 Å². The number of hydrazone groups is 1. The number of hydrogen-bond acceptors (Lipinski definition) is 8. The summed E-state index contributed by atoms with van der Waals surface area (Å²) in [6.07, 6.45) is 1.55. The van der Waals surface area contributed by atoms with E-state index in [1.807, 2.05) is 31.4 Å². The van der Waals surface area contributed by atoms with Crippen molar-refractivity contribution in [3.05, 3.63) is 80.3 Å². The number of benzene rings is 1. The van der Waals surface area contributed by atoms with Crippen LogP contribution in [0, 0.1) is 42.2 Å². The fourth-order valence-corrected chi connectivity index (χ4v) is 4.44. The number of methoxy groups -OCH3 is 1. The summed E-state index contributed by atoms with van der Waals surface area (Å²) in [5.41, 5.74) is 7.76. The molecule has 11 heteroatoms. The maximum Gasteiger partial charge on any atom is 0.269 e. The molecule has 0 spiro atoms. The molecule has 0 aliphatic heterocycles. The summed E-state index contributed by atoms with van der Waals surface area (Å²) in [6, 6.07) is 12.1. The van der Waals surface area contributed by atoms with Crippen LogP contribution in [0.2, 0.25) is 0 Å². The lowest BCUT2D eigenvalue weighted by Gasteiger charge is -2.09. The van der Waals surface area contributed by atoms with Crippen molar-refractivity contribution in [1.82, 2.24) is 15.0 Å². The summed E-state index contributed by atoms with van der Waals surface area (Å²) in [5.74, 6) is -0.299. The Bertz CT molecular complexity index is 1330. The van der Waals surface area contributed by atoms with Gasteiger partial charge in [0.15, 0.2) is 0 Å². The minimum Gasteiger partial charge on any atom is -0.380 e. The predicted octanol–water partition coefficient (Wildman–Crippen LogP) is 3.97. The van der Waals surface area contributed by atoms with Crippen molar-refractivity contribution in [2.75, 3.05) is 12.9 Å². The van der Waals surface area contributed by atoms with Crippen LogP contribution in [0.4, 0.5) is 5.69 Å². The van der Waals surface area contributed by atoms with E-state index in [1.54, 1.807) is 31.5 Å². The fourth-order valence-electron chi connectivity index (χ4n) is 3.58. The van der Waals surface area contributed by atoms with Crippen molar-refractivity contribution in [3.8, 4) is 11.8 Å². The van der Waals surface area contributed by atoms with Crippen LogP contribution in [0.15, 0.2) is 46.5 Å². The van der Waals surface area contributed by atoms with Crippen molar-refractivity contribution in [2.24, 2.45) is 5.10 Å². The van der Waals surface area contributed by atoms with E-state index >= 15 is 0 Å². The number of rotatable bonds is 9. The molecule has 0 aliphatic carbocycles. The van der Waals surface area contributed by atoms with Crippen molar-refractivity contribution in [3.63, 3.8) is 0 Å². The largest absolute Gasteiger partial charge is 0.380 e. The number of pyridine rings is 1. The number of amides is 1. The quantitative estimate of drug-likeness (QED) is 0.207. The number of nitro groups is 1. The van der Waals surface area contributed by atoms with Crippen LogP contribution in [0.5, 0.6) is 0 Å². The Kier molecular flexibility index (Phi) is 8.35. The second-order valence-corrected chi connectivity index (χ2v) is 8.63. The first-order valence-corrected chi connectivity index (χ1v) is 11.5. The fraction of sp³-hybridized carbons (Fsp3) is 0.250. The standard InChI is InChI=1S/C24H24N6O4S/c1-15-9-19(13-34-4)22(11-25)24(27-15)35-14-23(31)28-26-12-18-10-16(2)29(17(18)3)20-5-7-21(8-6-20)30(32)33/h5-10,12H,13-14H2,1-4H3,(H,28,31)/b26-12-. The van der Waals surface area contributed by atoms with E-state index < -0.39 is 4.92 Å². The number of carbonyl (C=O) groups is 1. The first-order chi connectivity index (χ1) is 16.7. The second kappa shape index (κ2) is 11.4. The number of nitro benzene ring substituents is 1. The van der Waals surface area contributed by atoms with Crippen molar-refractivity contribution < 1.29 is 14.5 Å². The first kappa shape index (κ1) is 25.6. The Labute approximate surface area is 206 Å². The summed E-state index contributed by atoms with van der Waals surface area (Å²) < 4.78 is 7.10. The average molecular weight is 493 g/mol. The van der Waals surface area contributed by atoms with E-state index in [2.05, 4.69) is 21.6 Å². The number of non-ortho nitro benzene ring substituents is 1. The Balaban J connectivity index is 1.66. The van der Waals surface area contributed by atoms with Crippen molar-refractivity contribution >= 4 is 29.6 Å². The van der Waals surface area contributed by atoms with E-state index in [1.165, 1.54) is 12.1 Å². The number of aryl methyl sites for hydroxylation is 2. The van der Waals surface area contributed by atoms with Gasteiger partial charge in [-0.3, -0.25) is 14.9 Å². The van der Waals surface area contributed by atoms with Crippen LogP contribution in [0.1, 0.15) is 33.8 Å². The van der Waals surface area contributed by atoms with Crippen LogP contribution in [-0.2, 0) is 16.1 Å². The molecule has 1 N–H and O–H groups in total. The molecule has 2 heterocycles. The normalized spacial score (nSPS) is 10.9. The summed E-state index contributed by atoms with van der Waals surface area (Å²) >= 11 is 1.16. The molecule has 3 rings (SSSR count). The van der Waals surface area contributed by atoms with Gasteiger partial charge in [0.1, 0.15) is 11.1 Å². The molecular weight excluding hydrogens is 468 g/mol. The van der Waals surface area contributed by atoms with Crippen LogP contribution >= 0.6 is 11.8 Å². The SMILES string of the molecule is COCc1cc(C)nc(SCC(=O)N/N=C\c2cc(C)n(-c3ccc([N+](=O)[O-])cc3)c2C)c1C#N. The minimum absolute atomic E-state index is 0.0243. The molecule has 0 saturated carbocycles. The molecule has 2 aromatic heterocycles. The molecule has 10 nitrogen and oxygen atoms in total. The lowest BCUT2D eigenvalue weighted by atomic mass is 10.1. The zero-order chi connectivity index (χ0) is 25.5. The highest BCUT2D eigenvalue weighted by atomic mass is 32.2. The molecule has 0 fully saturated rings. The molecule has 0 bridgehead atoms. The van der Waals surface area contributed by atoms with E-state index in [-0.39, 0.29) is 24.0 Å². The molecular formula is C24H24N6O4S. The number of nitriles is 1. The highest BCUT2D eigenvalue weighted by molar-refractivity contribution is 8.00. The van der Waals surface area contributed by atoms with E-state index in [0.29, 0.717) is 10.6 Å². The molecule has 0 aliphatic rings. The number of aromatic nitrogens is 2. The second-order valence-electron chi connectivity index (χ2n) is 7.66. The topological polar surface area (TPSA) is 135 Å². The molecule has 0 unspecified atom stereocenters. The Morgan fingerprint density at radius 1 is 1.31 bits per heavy atom. The first-order valence-electron chi connectivity index (χ1n) is 10.5. The van der Waals surface area contributed by atoms with Crippen molar-refractivity contribution in [1.29, 1.82) is 5.26 Å². The molecule has 3 aromatic rings. The maximum absolute atomic E-state index is 12.3. The third kappa shape index (κ3) is 6.11. The van der Waals surface area contributed by atoms with Gasteiger partial charge in [-0.2, -0.15) is 10.4 Å². The smallest absolute Gasteiger partial charge is 0.269 e. The summed E-state index contributed by atoms with van der Waals surface area (Å²) in [4.78, 5) is 27.2. The average Bonchev–Trinajstić information content (AvgIpc) is 3.10. The van der Waals surface area contributed by atoms with Crippen molar-refractivity contribution in [2.45, 2.75) is 32.4 Å². The van der Waals surface area contributed by atoms with Gasteiger partial charge in [-0.15, -0.1) is 0 Å².